The molecule has 1 N–H and O–H groups in total. The zero-order chi connectivity index (χ0) is 16.5. The Kier molecular flexibility index (Phi) is 4.13. The molecule has 2 fully saturated rings. The fourth-order valence-electron chi connectivity index (χ4n) is 4.75. The van der Waals surface area contributed by atoms with Crippen LogP contribution in [-0.2, 0) is 6.54 Å². The largest absolute Gasteiger partial charge is 0.349 e. The molecule has 0 radical (unpaired) electrons. The smallest absolute Gasteiger partial charge is 0.251 e. The Morgan fingerprint density at radius 1 is 1.33 bits per heavy atom. The van der Waals surface area contributed by atoms with E-state index in [4.69, 9.17) is 0 Å². The third-order valence-corrected chi connectivity index (χ3v) is 5.97. The summed E-state index contributed by atoms with van der Waals surface area (Å²) in [7, 11) is 0. The number of rotatable bonds is 5. The topological polar surface area (TPSA) is 46.9 Å². The number of carbonyl (C=O) groups excluding carboxylic acids is 1. The van der Waals surface area contributed by atoms with Crippen LogP contribution in [0, 0.1) is 17.8 Å². The average molecular weight is 323 g/mol. The average Bonchev–Trinajstić information content (AvgIpc) is 3.33. The highest BCUT2D eigenvalue weighted by Crippen LogP contribution is 2.49. The maximum atomic E-state index is 12.8. The van der Waals surface area contributed by atoms with Crippen molar-refractivity contribution < 1.29 is 4.79 Å². The van der Waals surface area contributed by atoms with E-state index in [0.717, 1.165) is 23.0 Å². The first-order valence-corrected chi connectivity index (χ1v) is 9.05. The van der Waals surface area contributed by atoms with Crippen molar-refractivity contribution in [2.45, 2.75) is 45.2 Å². The molecule has 1 heterocycles. The van der Waals surface area contributed by atoms with Crippen molar-refractivity contribution in [2.24, 2.45) is 17.8 Å². The molecule has 0 spiro atoms. The summed E-state index contributed by atoms with van der Waals surface area (Å²) < 4.78 is 1.99. The Hall–Kier alpha value is -2.10. The lowest BCUT2D eigenvalue weighted by Crippen LogP contribution is -2.40. The fraction of sp³-hybridized carbons (Fsp3) is 0.500. The predicted octanol–water partition coefficient (Wildman–Crippen LogP) is 3.49. The second-order valence-corrected chi connectivity index (χ2v) is 7.49. The lowest BCUT2D eigenvalue weighted by Gasteiger charge is -2.28. The van der Waals surface area contributed by atoms with Crippen molar-refractivity contribution in [3.63, 3.8) is 0 Å². The van der Waals surface area contributed by atoms with Crippen molar-refractivity contribution in [3.05, 3.63) is 54.1 Å². The first kappa shape index (κ1) is 15.4. The minimum absolute atomic E-state index is 0.0565. The van der Waals surface area contributed by atoms with Gasteiger partial charge in [-0.25, -0.2) is 4.98 Å². The normalized spacial score (nSPS) is 26.5. The van der Waals surface area contributed by atoms with Gasteiger partial charge < -0.3 is 9.88 Å². The standard InChI is InChI=1S/C20H25N3O/c1-14(19-11-15-6-7-16(19)10-15)22-20(24)18-5-3-2-4-17(18)12-23-9-8-21-13-23/h2-5,8-9,13-16,19H,6-7,10-12H2,1H3,(H,22,24)/t14-,15+,16+,19+/m1/s1. The summed E-state index contributed by atoms with van der Waals surface area (Å²) in [5, 5.41) is 3.28. The highest BCUT2D eigenvalue weighted by molar-refractivity contribution is 5.95. The zero-order valence-corrected chi connectivity index (χ0v) is 14.2. The number of hydrogen-bond donors (Lipinski definition) is 1. The summed E-state index contributed by atoms with van der Waals surface area (Å²) in [5.74, 6) is 2.45. The van der Waals surface area contributed by atoms with E-state index >= 15 is 0 Å². The molecule has 2 aliphatic rings. The molecule has 4 nitrogen and oxygen atoms in total. The Balaban J connectivity index is 1.46. The molecule has 0 saturated heterocycles. The summed E-state index contributed by atoms with van der Waals surface area (Å²) in [5.41, 5.74) is 1.81. The van der Waals surface area contributed by atoms with Crippen molar-refractivity contribution in [1.29, 1.82) is 0 Å². The molecule has 4 rings (SSSR count). The summed E-state index contributed by atoms with van der Waals surface area (Å²) in [4.78, 5) is 16.9. The molecule has 1 aromatic heterocycles. The fourth-order valence-corrected chi connectivity index (χ4v) is 4.75. The highest BCUT2D eigenvalue weighted by Gasteiger charge is 2.42. The number of nitrogens with one attached hydrogen (secondary N) is 1. The van der Waals surface area contributed by atoms with E-state index in [9.17, 15) is 4.79 Å². The molecule has 2 aromatic rings. The van der Waals surface area contributed by atoms with Gasteiger partial charge in [-0.2, -0.15) is 0 Å². The monoisotopic (exact) mass is 323 g/mol. The van der Waals surface area contributed by atoms with Crippen LogP contribution >= 0.6 is 0 Å². The minimum atomic E-state index is 0.0565. The van der Waals surface area contributed by atoms with E-state index in [1.54, 1.807) is 12.5 Å². The Morgan fingerprint density at radius 2 is 2.21 bits per heavy atom. The minimum Gasteiger partial charge on any atom is -0.349 e. The van der Waals surface area contributed by atoms with Gasteiger partial charge in [-0.3, -0.25) is 4.79 Å². The van der Waals surface area contributed by atoms with Crippen LogP contribution in [0.1, 0.15) is 48.5 Å². The van der Waals surface area contributed by atoms with Crippen molar-refractivity contribution in [3.8, 4) is 0 Å². The lowest BCUT2D eigenvalue weighted by molar-refractivity contribution is 0.0914. The molecule has 4 atom stereocenters. The molecule has 0 unspecified atom stereocenters. The second kappa shape index (κ2) is 6.42. The Bertz CT molecular complexity index is 709. The van der Waals surface area contributed by atoms with Crippen LogP contribution in [-0.4, -0.2) is 21.5 Å². The summed E-state index contributed by atoms with van der Waals surface area (Å²) in [6.07, 6.45) is 10.9. The van der Waals surface area contributed by atoms with Crippen LogP contribution in [0.2, 0.25) is 0 Å². The lowest BCUT2D eigenvalue weighted by atomic mass is 9.84. The maximum Gasteiger partial charge on any atom is 0.251 e. The van der Waals surface area contributed by atoms with Crippen LogP contribution in [0.25, 0.3) is 0 Å². The van der Waals surface area contributed by atoms with Gasteiger partial charge in [-0.15, -0.1) is 0 Å². The molecule has 1 aromatic carbocycles. The van der Waals surface area contributed by atoms with Crippen molar-refractivity contribution in [1.82, 2.24) is 14.9 Å². The van der Waals surface area contributed by atoms with Crippen LogP contribution in [0.3, 0.4) is 0 Å². The number of fused-ring (bicyclic) bond motifs is 2. The Labute approximate surface area is 143 Å². The van der Waals surface area contributed by atoms with Gasteiger partial charge in [-0.1, -0.05) is 24.6 Å². The van der Waals surface area contributed by atoms with Crippen LogP contribution < -0.4 is 5.32 Å². The molecular weight excluding hydrogens is 298 g/mol. The molecule has 24 heavy (non-hydrogen) atoms. The van der Waals surface area contributed by atoms with Crippen LogP contribution in [0.5, 0.6) is 0 Å². The first-order valence-electron chi connectivity index (χ1n) is 9.05. The van der Waals surface area contributed by atoms with E-state index in [0.29, 0.717) is 12.5 Å². The zero-order valence-electron chi connectivity index (χ0n) is 14.2. The first-order chi connectivity index (χ1) is 11.7. The van der Waals surface area contributed by atoms with Crippen LogP contribution in [0.15, 0.2) is 43.0 Å². The molecule has 126 valence electrons. The third-order valence-electron chi connectivity index (χ3n) is 5.97. The predicted molar refractivity (Wildman–Crippen MR) is 93.6 cm³/mol. The van der Waals surface area contributed by atoms with Crippen molar-refractivity contribution >= 4 is 5.91 Å². The van der Waals surface area contributed by atoms with Gasteiger partial charge in [0.25, 0.3) is 5.91 Å². The van der Waals surface area contributed by atoms with E-state index in [-0.39, 0.29) is 11.9 Å². The molecule has 2 bridgehead atoms. The van der Waals surface area contributed by atoms with E-state index in [1.165, 1.54) is 25.7 Å². The van der Waals surface area contributed by atoms with Crippen LogP contribution in [0.4, 0.5) is 0 Å². The Morgan fingerprint density at radius 3 is 2.92 bits per heavy atom. The summed E-state index contributed by atoms with van der Waals surface area (Å²) in [6.45, 7) is 2.86. The van der Waals surface area contributed by atoms with Gasteiger partial charge in [0.2, 0.25) is 0 Å². The maximum absolute atomic E-state index is 12.8. The third kappa shape index (κ3) is 2.97. The molecule has 4 heteroatoms. The molecule has 2 aliphatic carbocycles. The number of carbonyl (C=O) groups is 1. The number of amides is 1. The number of hydrogen-bond acceptors (Lipinski definition) is 2. The highest BCUT2D eigenvalue weighted by atomic mass is 16.1. The summed E-state index contributed by atoms with van der Waals surface area (Å²) in [6, 6.07) is 8.14. The molecule has 2 saturated carbocycles. The van der Waals surface area contributed by atoms with Gasteiger partial charge in [0.1, 0.15) is 0 Å². The van der Waals surface area contributed by atoms with Gasteiger partial charge in [0.05, 0.1) is 6.33 Å². The molecular formula is C20H25N3O. The number of imidazole rings is 1. The second-order valence-electron chi connectivity index (χ2n) is 7.49. The number of benzene rings is 1. The van der Waals surface area contributed by atoms with Gasteiger partial charge in [-0.05, 0) is 55.6 Å². The quantitative estimate of drug-likeness (QED) is 0.915. The van der Waals surface area contributed by atoms with E-state index < -0.39 is 0 Å². The summed E-state index contributed by atoms with van der Waals surface area (Å²) >= 11 is 0. The van der Waals surface area contributed by atoms with Crippen molar-refractivity contribution in [2.75, 3.05) is 0 Å². The van der Waals surface area contributed by atoms with Gasteiger partial charge in [0.15, 0.2) is 0 Å². The number of aromatic nitrogens is 2. The SMILES string of the molecule is C[C@@H](NC(=O)c1ccccc1Cn1ccnc1)[C@@H]1C[C@H]2CC[C@H]1C2. The van der Waals surface area contributed by atoms with Gasteiger partial charge >= 0.3 is 0 Å². The van der Waals surface area contributed by atoms with E-state index in [2.05, 4.69) is 17.2 Å². The van der Waals surface area contributed by atoms with E-state index in [1.807, 2.05) is 35.0 Å². The molecule has 0 aliphatic heterocycles. The van der Waals surface area contributed by atoms with Gasteiger partial charge in [0, 0.05) is 30.5 Å². The number of nitrogens with zero attached hydrogens (tertiary/aromatic N) is 2. The molecule has 1 amide bonds.